The second-order valence-electron chi connectivity index (χ2n) is 2.68. The van der Waals surface area contributed by atoms with Gasteiger partial charge in [-0.3, -0.25) is 0 Å². The maximum absolute atomic E-state index is 9.22. The quantitative estimate of drug-likeness (QED) is 0.767. The van der Waals surface area contributed by atoms with Gasteiger partial charge in [-0.15, -0.1) is 11.3 Å². The standard InChI is InChI=1S/C9H7ClO2S/c10-9-6-3-5(12)1-2-7(6)13-8(9)4-11/h1-3,11-12H,4H2. The molecule has 0 aliphatic rings. The third-order valence-electron chi connectivity index (χ3n) is 1.82. The summed E-state index contributed by atoms with van der Waals surface area (Å²) >= 11 is 7.41. The highest BCUT2D eigenvalue weighted by molar-refractivity contribution is 7.19. The van der Waals surface area contributed by atoms with Gasteiger partial charge in [0, 0.05) is 15.0 Å². The number of hydrogen-bond donors (Lipinski definition) is 2. The Morgan fingerprint density at radius 2 is 2.15 bits per heavy atom. The number of halogens is 1. The number of thiophene rings is 1. The van der Waals surface area contributed by atoms with Crippen LogP contribution in [0.15, 0.2) is 18.2 Å². The van der Waals surface area contributed by atoms with Crippen molar-refractivity contribution in [3.63, 3.8) is 0 Å². The van der Waals surface area contributed by atoms with Gasteiger partial charge in [-0.25, -0.2) is 0 Å². The van der Waals surface area contributed by atoms with Crippen molar-refractivity contribution in [2.75, 3.05) is 0 Å². The van der Waals surface area contributed by atoms with Crippen molar-refractivity contribution in [2.24, 2.45) is 0 Å². The Morgan fingerprint density at radius 1 is 1.38 bits per heavy atom. The van der Waals surface area contributed by atoms with Crippen LogP contribution in [0.3, 0.4) is 0 Å². The molecule has 1 aromatic heterocycles. The van der Waals surface area contributed by atoms with Crippen LogP contribution in [-0.2, 0) is 6.61 Å². The number of phenols is 1. The van der Waals surface area contributed by atoms with E-state index in [1.54, 1.807) is 18.2 Å². The molecule has 0 spiro atoms. The van der Waals surface area contributed by atoms with Crippen molar-refractivity contribution in [3.05, 3.63) is 28.1 Å². The number of fused-ring (bicyclic) bond motifs is 1. The Labute approximate surface area is 84.0 Å². The number of aliphatic hydroxyl groups is 1. The molecule has 0 aliphatic heterocycles. The molecule has 68 valence electrons. The average Bonchev–Trinajstić information content (AvgIpc) is 2.44. The van der Waals surface area contributed by atoms with E-state index >= 15 is 0 Å². The van der Waals surface area contributed by atoms with Gasteiger partial charge in [-0.1, -0.05) is 11.6 Å². The Morgan fingerprint density at radius 3 is 2.85 bits per heavy atom. The van der Waals surface area contributed by atoms with Gasteiger partial charge in [0.15, 0.2) is 0 Å². The average molecular weight is 215 g/mol. The lowest BCUT2D eigenvalue weighted by molar-refractivity contribution is 0.285. The van der Waals surface area contributed by atoms with E-state index in [2.05, 4.69) is 0 Å². The fourth-order valence-corrected chi connectivity index (χ4v) is 2.53. The molecule has 2 aromatic rings. The molecule has 0 fully saturated rings. The highest BCUT2D eigenvalue weighted by Gasteiger charge is 2.09. The molecule has 0 saturated carbocycles. The molecule has 0 saturated heterocycles. The molecule has 0 aliphatic carbocycles. The molecular formula is C9H7ClO2S. The van der Waals surface area contributed by atoms with E-state index in [9.17, 15) is 5.11 Å². The van der Waals surface area contributed by atoms with Crippen LogP contribution >= 0.6 is 22.9 Å². The second kappa shape index (κ2) is 3.18. The smallest absolute Gasteiger partial charge is 0.116 e. The molecule has 0 amide bonds. The van der Waals surface area contributed by atoms with E-state index < -0.39 is 0 Å². The number of phenolic OH excluding ortho intramolecular Hbond substituents is 1. The van der Waals surface area contributed by atoms with E-state index in [4.69, 9.17) is 16.7 Å². The van der Waals surface area contributed by atoms with Gasteiger partial charge in [-0.05, 0) is 18.2 Å². The third kappa shape index (κ3) is 1.39. The molecule has 0 unspecified atom stereocenters. The minimum Gasteiger partial charge on any atom is -0.508 e. The lowest BCUT2D eigenvalue weighted by Gasteiger charge is -1.92. The summed E-state index contributed by atoms with van der Waals surface area (Å²) in [4.78, 5) is 0.738. The molecule has 0 radical (unpaired) electrons. The van der Waals surface area contributed by atoms with Crippen LogP contribution in [0.1, 0.15) is 4.88 Å². The molecular weight excluding hydrogens is 208 g/mol. The minimum absolute atomic E-state index is 0.0566. The summed E-state index contributed by atoms with van der Waals surface area (Å²) in [6.45, 7) is -0.0566. The summed E-state index contributed by atoms with van der Waals surface area (Å²) in [5.74, 6) is 0.191. The number of benzene rings is 1. The maximum atomic E-state index is 9.22. The first-order chi connectivity index (χ1) is 6.22. The SMILES string of the molecule is OCc1sc2ccc(O)cc2c1Cl. The number of hydrogen-bond acceptors (Lipinski definition) is 3. The summed E-state index contributed by atoms with van der Waals surface area (Å²) in [7, 11) is 0. The zero-order valence-electron chi connectivity index (χ0n) is 6.62. The maximum Gasteiger partial charge on any atom is 0.116 e. The summed E-state index contributed by atoms with van der Waals surface area (Å²) in [5, 5.41) is 19.5. The zero-order chi connectivity index (χ0) is 9.42. The van der Waals surface area contributed by atoms with E-state index in [-0.39, 0.29) is 12.4 Å². The highest BCUT2D eigenvalue weighted by atomic mass is 35.5. The number of aliphatic hydroxyl groups excluding tert-OH is 1. The van der Waals surface area contributed by atoms with Gasteiger partial charge < -0.3 is 10.2 Å². The van der Waals surface area contributed by atoms with E-state index in [1.165, 1.54) is 11.3 Å². The molecule has 0 bridgehead atoms. The fraction of sp³-hybridized carbons (Fsp3) is 0.111. The predicted molar refractivity (Wildman–Crippen MR) is 54.4 cm³/mol. The van der Waals surface area contributed by atoms with Crippen molar-refractivity contribution < 1.29 is 10.2 Å². The lowest BCUT2D eigenvalue weighted by Crippen LogP contribution is -1.74. The first-order valence-electron chi connectivity index (χ1n) is 3.73. The van der Waals surface area contributed by atoms with Crippen LogP contribution in [0, 0.1) is 0 Å². The Hall–Kier alpha value is -0.770. The summed E-state index contributed by atoms with van der Waals surface area (Å²) in [6, 6.07) is 5.00. The minimum atomic E-state index is -0.0566. The first kappa shape index (κ1) is 8.81. The third-order valence-corrected chi connectivity index (χ3v) is 3.52. The second-order valence-corrected chi connectivity index (χ2v) is 4.19. The van der Waals surface area contributed by atoms with Gasteiger partial charge in [0.2, 0.25) is 0 Å². The van der Waals surface area contributed by atoms with Crippen LogP contribution in [-0.4, -0.2) is 10.2 Å². The monoisotopic (exact) mass is 214 g/mol. The van der Waals surface area contributed by atoms with Crippen molar-refractivity contribution in [1.29, 1.82) is 0 Å². The van der Waals surface area contributed by atoms with E-state index in [0.717, 1.165) is 15.0 Å². The van der Waals surface area contributed by atoms with Crippen LogP contribution in [0.4, 0.5) is 0 Å². The van der Waals surface area contributed by atoms with Gasteiger partial charge in [0.25, 0.3) is 0 Å². The van der Waals surface area contributed by atoms with Gasteiger partial charge in [0.1, 0.15) is 5.75 Å². The molecule has 0 atom stereocenters. The first-order valence-corrected chi connectivity index (χ1v) is 4.92. The van der Waals surface area contributed by atoms with Gasteiger partial charge in [0.05, 0.1) is 11.6 Å². The molecule has 2 nitrogen and oxygen atoms in total. The Bertz CT molecular complexity index is 450. The topological polar surface area (TPSA) is 40.5 Å². The molecule has 13 heavy (non-hydrogen) atoms. The van der Waals surface area contributed by atoms with Crippen molar-refractivity contribution in [1.82, 2.24) is 0 Å². The largest absolute Gasteiger partial charge is 0.508 e. The van der Waals surface area contributed by atoms with Crippen molar-refractivity contribution in [2.45, 2.75) is 6.61 Å². The fourth-order valence-electron chi connectivity index (χ4n) is 1.21. The van der Waals surface area contributed by atoms with Gasteiger partial charge in [-0.2, -0.15) is 0 Å². The normalized spacial score (nSPS) is 10.9. The van der Waals surface area contributed by atoms with Crippen LogP contribution in [0.5, 0.6) is 5.75 Å². The Balaban J connectivity index is 2.77. The number of aromatic hydroxyl groups is 1. The van der Waals surface area contributed by atoms with Crippen LogP contribution in [0.25, 0.3) is 10.1 Å². The molecule has 4 heteroatoms. The highest BCUT2D eigenvalue weighted by Crippen LogP contribution is 2.36. The predicted octanol–water partition coefficient (Wildman–Crippen LogP) is 2.75. The van der Waals surface area contributed by atoms with Crippen molar-refractivity contribution in [3.8, 4) is 5.75 Å². The molecule has 1 aromatic carbocycles. The summed E-state index contributed by atoms with van der Waals surface area (Å²) in [6.07, 6.45) is 0. The zero-order valence-corrected chi connectivity index (χ0v) is 8.19. The van der Waals surface area contributed by atoms with Gasteiger partial charge >= 0.3 is 0 Å². The van der Waals surface area contributed by atoms with Crippen molar-refractivity contribution >= 4 is 33.0 Å². The number of rotatable bonds is 1. The Kier molecular flexibility index (Phi) is 2.15. The molecule has 1 heterocycles. The van der Waals surface area contributed by atoms with E-state index in [0.29, 0.717) is 5.02 Å². The summed E-state index contributed by atoms with van der Waals surface area (Å²) < 4.78 is 0.979. The van der Waals surface area contributed by atoms with Crippen LogP contribution in [0.2, 0.25) is 5.02 Å². The summed E-state index contributed by atoms with van der Waals surface area (Å²) in [5.41, 5.74) is 0. The molecule has 2 N–H and O–H groups in total. The van der Waals surface area contributed by atoms with E-state index in [1.807, 2.05) is 0 Å². The lowest BCUT2D eigenvalue weighted by atomic mass is 10.2. The van der Waals surface area contributed by atoms with Crippen LogP contribution < -0.4 is 0 Å². The molecule has 2 rings (SSSR count).